The summed E-state index contributed by atoms with van der Waals surface area (Å²) in [6.07, 6.45) is 3.30. The number of aliphatic imine (C=N–C) groups is 1. The number of rotatable bonds is 4. The van der Waals surface area contributed by atoms with Crippen LogP contribution in [0.25, 0.3) is 0 Å². The molecule has 0 bridgehead atoms. The zero-order valence-corrected chi connectivity index (χ0v) is 8.65. The van der Waals surface area contributed by atoms with E-state index < -0.39 is 0 Å². The number of pyridine rings is 1. The Morgan fingerprint density at radius 3 is 2.86 bits per heavy atom. The number of ether oxygens (including phenoxy) is 2. The van der Waals surface area contributed by atoms with Crippen LogP contribution in [0.4, 0.5) is 0 Å². The molecule has 0 N–H and O–H groups in total. The highest BCUT2D eigenvalue weighted by atomic mass is 16.5. The van der Waals surface area contributed by atoms with Crippen molar-refractivity contribution in [1.29, 1.82) is 0 Å². The molecule has 0 atom stereocenters. The van der Waals surface area contributed by atoms with Crippen LogP contribution in [0.15, 0.2) is 17.3 Å². The molecule has 4 nitrogen and oxygen atoms in total. The van der Waals surface area contributed by atoms with Gasteiger partial charge in [-0.2, -0.15) is 0 Å². The Hall–Kier alpha value is -1.58. The summed E-state index contributed by atoms with van der Waals surface area (Å²) >= 11 is 0. The van der Waals surface area contributed by atoms with Crippen LogP contribution in [0, 0.1) is 0 Å². The van der Waals surface area contributed by atoms with Crippen molar-refractivity contribution in [2.24, 2.45) is 4.99 Å². The number of aromatic nitrogens is 1. The Morgan fingerprint density at radius 1 is 1.50 bits per heavy atom. The molecule has 0 radical (unpaired) electrons. The van der Waals surface area contributed by atoms with Crippen LogP contribution in [0.5, 0.6) is 11.5 Å². The molecule has 0 aliphatic rings. The van der Waals surface area contributed by atoms with Crippen molar-refractivity contribution in [3.8, 4) is 11.5 Å². The maximum atomic E-state index is 5.39. The van der Waals surface area contributed by atoms with Gasteiger partial charge in [0.1, 0.15) is 0 Å². The van der Waals surface area contributed by atoms with E-state index in [1.54, 1.807) is 32.6 Å². The minimum atomic E-state index is 0.600. The lowest BCUT2D eigenvalue weighted by molar-refractivity contribution is 0.310. The Labute approximate surface area is 83.6 Å². The van der Waals surface area contributed by atoms with E-state index in [2.05, 4.69) is 9.98 Å². The number of methoxy groups -OCH3 is 1. The topological polar surface area (TPSA) is 43.7 Å². The molecule has 0 spiro atoms. The second-order valence-corrected chi connectivity index (χ2v) is 2.58. The largest absolute Gasteiger partial charge is 0.491 e. The van der Waals surface area contributed by atoms with E-state index in [0.29, 0.717) is 18.1 Å². The zero-order chi connectivity index (χ0) is 10.4. The lowest BCUT2D eigenvalue weighted by atomic mass is 10.3. The fraction of sp³-hybridized carbons (Fsp3) is 0.400. The maximum absolute atomic E-state index is 5.39. The van der Waals surface area contributed by atoms with Crippen LogP contribution < -0.4 is 9.47 Å². The van der Waals surface area contributed by atoms with Crippen LogP contribution in [0.1, 0.15) is 12.6 Å². The molecule has 0 aliphatic heterocycles. The van der Waals surface area contributed by atoms with Crippen LogP contribution in [0.2, 0.25) is 0 Å². The molecule has 1 aromatic rings. The lowest BCUT2D eigenvalue weighted by Gasteiger charge is -2.08. The minimum Gasteiger partial charge on any atom is -0.491 e. The summed E-state index contributed by atoms with van der Waals surface area (Å²) < 4.78 is 10.5. The van der Waals surface area contributed by atoms with Crippen molar-refractivity contribution in [1.82, 2.24) is 4.98 Å². The summed E-state index contributed by atoms with van der Waals surface area (Å²) in [6, 6.07) is 1.80. The molecule has 1 aromatic heterocycles. The number of hydrogen-bond acceptors (Lipinski definition) is 4. The van der Waals surface area contributed by atoms with Crippen molar-refractivity contribution in [3.05, 3.63) is 18.0 Å². The van der Waals surface area contributed by atoms with E-state index in [4.69, 9.17) is 9.47 Å². The van der Waals surface area contributed by atoms with E-state index in [-0.39, 0.29) is 0 Å². The normalized spacial score (nSPS) is 10.5. The van der Waals surface area contributed by atoms with E-state index in [9.17, 15) is 0 Å². The molecule has 1 heterocycles. The predicted octanol–water partition coefficient (Wildman–Crippen LogP) is 1.54. The van der Waals surface area contributed by atoms with Gasteiger partial charge < -0.3 is 9.47 Å². The standard InChI is InChI=1S/C10H14N2O2/c1-4-14-9-5-8(6-11-2)12-7-10(9)13-3/h5-7H,4H2,1-3H3. The zero-order valence-electron chi connectivity index (χ0n) is 8.65. The Bertz CT molecular complexity index is 324. The maximum Gasteiger partial charge on any atom is 0.179 e. The lowest BCUT2D eigenvalue weighted by Crippen LogP contribution is -1.98. The van der Waals surface area contributed by atoms with Gasteiger partial charge in [0.25, 0.3) is 0 Å². The van der Waals surface area contributed by atoms with Gasteiger partial charge in [0.15, 0.2) is 11.5 Å². The first-order chi connectivity index (χ1) is 6.81. The molecule has 0 aliphatic carbocycles. The van der Waals surface area contributed by atoms with Gasteiger partial charge in [-0.25, -0.2) is 0 Å². The summed E-state index contributed by atoms with van der Waals surface area (Å²) in [5, 5.41) is 0. The molecule has 0 unspecified atom stereocenters. The Morgan fingerprint density at radius 2 is 2.29 bits per heavy atom. The van der Waals surface area contributed by atoms with Crippen molar-refractivity contribution in [2.75, 3.05) is 20.8 Å². The van der Waals surface area contributed by atoms with Gasteiger partial charge >= 0.3 is 0 Å². The van der Waals surface area contributed by atoms with Gasteiger partial charge in [0.05, 0.1) is 25.6 Å². The van der Waals surface area contributed by atoms with Crippen LogP contribution in [-0.2, 0) is 0 Å². The molecule has 1 rings (SSSR count). The average molecular weight is 194 g/mol. The summed E-state index contributed by atoms with van der Waals surface area (Å²) in [7, 11) is 3.29. The van der Waals surface area contributed by atoms with E-state index in [0.717, 1.165) is 5.69 Å². The van der Waals surface area contributed by atoms with Gasteiger partial charge in [-0.05, 0) is 6.92 Å². The summed E-state index contributed by atoms with van der Waals surface area (Å²) in [5.74, 6) is 1.33. The Balaban J connectivity index is 3.00. The third kappa shape index (κ3) is 2.45. The molecule has 4 heteroatoms. The first kappa shape index (κ1) is 10.5. The second-order valence-electron chi connectivity index (χ2n) is 2.58. The fourth-order valence-electron chi connectivity index (χ4n) is 1.06. The fourth-order valence-corrected chi connectivity index (χ4v) is 1.06. The van der Waals surface area contributed by atoms with E-state index >= 15 is 0 Å². The SMILES string of the molecule is CCOc1cc(C=NC)ncc1OC. The van der Waals surface area contributed by atoms with Crippen molar-refractivity contribution < 1.29 is 9.47 Å². The van der Waals surface area contributed by atoms with Crippen molar-refractivity contribution in [3.63, 3.8) is 0 Å². The quantitative estimate of drug-likeness (QED) is 0.683. The molecule has 76 valence electrons. The molecular formula is C10H14N2O2. The first-order valence-electron chi connectivity index (χ1n) is 4.40. The number of nitrogens with zero attached hydrogens (tertiary/aromatic N) is 2. The highest BCUT2D eigenvalue weighted by Gasteiger charge is 2.04. The molecule has 0 aromatic carbocycles. The van der Waals surface area contributed by atoms with Crippen LogP contribution >= 0.6 is 0 Å². The smallest absolute Gasteiger partial charge is 0.179 e. The Kier molecular flexibility index (Phi) is 3.91. The summed E-state index contributed by atoms with van der Waals surface area (Å²) in [6.45, 7) is 2.52. The first-order valence-corrected chi connectivity index (χ1v) is 4.40. The molecule has 0 fully saturated rings. The predicted molar refractivity (Wildman–Crippen MR) is 55.5 cm³/mol. The van der Waals surface area contributed by atoms with Gasteiger partial charge in [-0.3, -0.25) is 9.98 Å². The average Bonchev–Trinajstić information content (AvgIpc) is 2.19. The third-order valence-electron chi connectivity index (χ3n) is 1.63. The van der Waals surface area contributed by atoms with Gasteiger partial charge in [0.2, 0.25) is 0 Å². The van der Waals surface area contributed by atoms with Gasteiger partial charge in [-0.15, -0.1) is 0 Å². The molecule has 0 saturated heterocycles. The summed E-state index contributed by atoms with van der Waals surface area (Å²) in [5.41, 5.74) is 0.761. The van der Waals surface area contributed by atoms with E-state index in [1.807, 2.05) is 6.92 Å². The van der Waals surface area contributed by atoms with Gasteiger partial charge in [-0.1, -0.05) is 0 Å². The molecule has 0 saturated carbocycles. The number of hydrogen-bond donors (Lipinski definition) is 0. The molecular weight excluding hydrogens is 180 g/mol. The highest BCUT2D eigenvalue weighted by Crippen LogP contribution is 2.25. The highest BCUT2D eigenvalue weighted by molar-refractivity contribution is 5.77. The van der Waals surface area contributed by atoms with Crippen molar-refractivity contribution in [2.45, 2.75) is 6.92 Å². The molecule has 14 heavy (non-hydrogen) atoms. The minimum absolute atomic E-state index is 0.600. The van der Waals surface area contributed by atoms with Crippen molar-refractivity contribution >= 4 is 6.21 Å². The monoisotopic (exact) mass is 194 g/mol. The van der Waals surface area contributed by atoms with Crippen LogP contribution in [0.3, 0.4) is 0 Å². The van der Waals surface area contributed by atoms with Gasteiger partial charge in [0, 0.05) is 19.3 Å². The summed E-state index contributed by atoms with van der Waals surface area (Å²) in [4.78, 5) is 8.01. The molecule has 0 amide bonds. The van der Waals surface area contributed by atoms with E-state index in [1.165, 1.54) is 0 Å². The van der Waals surface area contributed by atoms with Crippen LogP contribution in [-0.4, -0.2) is 32.0 Å². The third-order valence-corrected chi connectivity index (χ3v) is 1.63. The second kappa shape index (κ2) is 5.21.